The van der Waals surface area contributed by atoms with Crippen molar-refractivity contribution in [3.8, 4) is 0 Å². The minimum absolute atomic E-state index is 0.285. The summed E-state index contributed by atoms with van der Waals surface area (Å²) in [5.74, 6) is -2.41. The Bertz CT molecular complexity index is 330. The van der Waals surface area contributed by atoms with E-state index in [0.29, 0.717) is 19.4 Å². The lowest BCUT2D eigenvalue weighted by Crippen LogP contribution is -2.44. The second-order valence-electron chi connectivity index (χ2n) is 4.04. The van der Waals surface area contributed by atoms with Gasteiger partial charge >= 0.3 is 13.6 Å². The van der Waals surface area contributed by atoms with Gasteiger partial charge in [0.1, 0.15) is 11.8 Å². The summed E-state index contributed by atoms with van der Waals surface area (Å²) in [6, 6.07) is -0.966. The zero-order chi connectivity index (χ0) is 14.3. The molecule has 2 unspecified atom stereocenters. The molecule has 0 saturated carbocycles. The lowest BCUT2D eigenvalue weighted by Gasteiger charge is -2.31. The fraction of sp³-hybridized carbons (Fsp3) is 0.700. The van der Waals surface area contributed by atoms with Gasteiger partial charge in [0.2, 0.25) is 0 Å². The number of carbonyl (C=O) groups is 1. The maximum absolute atomic E-state index is 11.2. The van der Waals surface area contributed by atoms with Crippen molar-refractivity contribution < 1.29 is 24.3 Å². The normalized spacial score (nSPS) is 15.4. The molecule has 0 saturated heterocycles. The molecule has 0 bridgehead atoms. The van der Waals surface area contributed by atoms with Gasteiger partial charge in [-0.2, -0.15) is 0 Å². The average Bonchev–Trinajstić information content (AvgIpc) is 2.22. The average molecular weight is 280 g/mol. The van der Waals surface area contributed by atoms with Crippen molar-refractivity contribution in [2.24, 2.45) is 5.73 Å². The number of nitrogens with zero attached hydrogens (tertiary/aromatic N) is 1. The molecule has 106 valence electrons. The van der Waals surface area contributed by atoms with E-state index < -0.39 is 25.4 Å². The monoisotopic (exact) mass is 280 g/mol. The van der Waals surface area contributed by atoms with E-state index in [1.165, 1.54) is 7.05 Å². The lowest BCUT2D eigenvalue weighted by molar-refractivity contribution is -0.143. The molecule has 0 aliphatic rings. The molecule has 0 radical (unpaired) electrons. The molecule has 0 aliphatic carbocycles. The van der Waals surface area contributed by atoms with Crippen molar-refractivity contribution in [2.75, 3.05) is 13.6 Å². The standard InChI is InChI=1S/C10H21N2O5P/c1-3-9(18(15,16)17)12(2)8(10(13)14)6-4-5-7-11/h3,8-9H,1,4-7,11H2,2H3,(H,13,14)(H2,15,16,17). The molecule has 0 rings (SSSR count). The summed E-state index contributed by atoms with van der Waals surface area (Å²) >= 11 is 0. The van der Waals surface area contributed by atoms with E-state index in [1.807, 2.05) is 0 Å². The van der Waals surface area contributed by atoms with E-state index in [1.54, 1.807) is 0 Å². The van der Waals surface area contributed by atoms with Crippen LogP contribution in [0.25, 0.3) is 0 Å². The quantitative estimate of drug-likeness (QED) is 0.270. The van der Waals surface area contributed by atoms with E-state index >= 15 is 0 Å². The number of carboxylic acids is 1. The van der Waals surface area contributed by atoms with Crippen molar-refractivity contribution in [1.29, 1.82) is 0 Å². The second kappa shape index (κ2) is 7.66. The number of aliphatic carboxylic acids is 1. The van der Waals surface area contributed by atoms with Gasteiger partial charge in [-0.3, -0.25) is 14.3 Å². The zero-order valence-corrected chi connectivity index (χ0v) is 11.3. The molecule has 0 spiro atoms. The van der Waals surface area contributed by atoms with Crippen LogP contribution in [0.2, 0.25) is 0 Å². The van der Waals surface area contributed by atoms with Crippen LogP contribution in [0, 0.1) is 0 Å². The first kappa shape index (κ1) is 17.3. The van der Waals surface area contributed by atoms with Gasteiger partial charge in [0.05, 0.1) is 0 Å². The summed E-state index contributed by atoms with van der Waals surface area (Å²) in [7, 11) is -3.08. The summed E-state index contributed by atoms with van der Waals surface area (Å²) in [5.41, 5.74) is 5.32. The Labute approximate surface area is 106 Å². The van der Waals surface area contributed by atoms with E-state index in [0.717, 1.165) is 11.0 Å². The number of nitrogens with two attached hydrogens (primary N) is 1. The first-order chi connectivity index (χ1) is 8.25. The first-order valence-corrected chi connectivity index (χ1v) is 7.26. The second-order valence-corrected chi connectivity index (χ2v) is 5.75. The van der Waals surface area contributed by atoms with Crippen LogP contribution < -0.4 is 5.73 Å². The van der Waals surface area contributed by atoms with E-state index in [-0.39, 0.29) is 6.42 Å². The largest absolute Gasteiger partial charge is 0.480 e. The molecule has 5 N–H and O–H groups in total. The molecule has 0 aromatic heterocycles. The van der Waals surface area contributed by atoms with Crippen LogP contribution in [-0.4, -0.2) is 51.2 Å². The third-order valence-electron chi connectivity index (χ3n) is 2.68. The highest BCUT2D eigenvalue weighted by Gasteiger charge is 2.36. The SMILES string of the molecule is C=CC(N(C)C(CCCCN)C(=O)O)P(=O)(O)O. The Morgan fingerprint density at radius 2 is 2.06 bits per heavy atom. The van der Waals surface area contributed by atoms with Crippen LogP contribution in [0.4, 0.5) is 0 Å². The van der Waals surface area contributed by atoms with Gasteiger partial charge in [-0.05, 0) is 26.4 Å². The number of carboxylic acid groups (broad SMARTS) is 1. The van der Waals surface area contributed by atoms with Crippen LogP contribution in [-0.2, 0) is 9.36 Å². The van der Waals surface area contributed by atoms with Gasteiger partial charge in [0.25, 0.3) is 0 Å². The molecule has 0 aromatic rings. The number of hydrogen-bond acceptors (Lipinski definition) is 4. The van der Waals surface area contributed by atoms with Gasteiger partial charge < -0.3 is 20.6 Å². The summed E-state index contributed by atoms with van der Waals surface area (Å²) in [4.78, 5) is 30.5. The van der Waals surface area contributed by atoms with E-state index in [9.17, 15) is 9.36 Å². The molecular formula is C10H21N2O5P. The predicted molar refractivity (Wildman–Crippen MR) is 68.1 cm³/mol. The third kappa shape index (κ3) is 5.29. The minimum atomic E-state index is -4.44. The van der Waals surface area contributed by atoms with Crippen LogP contribution in [0.5, 0.6) is 0 Å². The minimum Gasteiger partial charge on any atom is -0.480 e. The van der Waals surface area contributed by atoms with Crippen molar-refractivity contribution in [3.05, 3.63) is 12.7 Å². The van der Waals surface area contributed by atoms with Crippen LogP contribution in [0.1, 0.15) is 19.3 Å². The van der Waals surface area contributed by atoms with Gasteiger partial charge in [-0.1, -0.05) is 12.5 Å². The molecule has 18 heavy (non-hydrogen) atoms. The molecule has 8 heteroatoms. The summed E-state index contributed by atoms with van der Waals surface area (Å²) < 4.78 is 11.2. The Morgan fingerprint density at radius 1 is 1.50 bits per heavy atom. The maximum atomic E-state index is 11.2. The Balaban J connectivity index is 4.83. The van der Waals surface area contributed by atoms with Gasteiger partial charge in [-0.15, -0.1) is 6.58 Å². The predicted octanol–water partition coefficient (Wildman–Crippen LogP) is 0.190. The fourth-order valence-electron chi connectivity index (χ4n) is 1.71. The highest BCUT2D eigenvalue weighted by atomic mass is 31.2. The highest BCUT2D eigenvalue weighted by molar-refractivity contribution is 7.52. The van der Waals surface area contributed by atoms with Crippen molar-refractivity contribution in [1.82, 2.24) is 4.90 Å². The summed E-state index contributed by atoms with van der Waals surface area (Å²) in [6.45, 7) is 3.80. The first-order valence-electron chi connectivity index (χ1n) is 5.58. The van der Waals surface area contributed by atoms with Gasteiger partial charge in [0.15, 0.2) is 0 Å². The van der Waals surface area contributed by atoms with E-state index in [4.69, 9.17) is 20.6 Å². The van der Waals surface area contributed by atoms with Crippen molar-refractivity contribution in [3.63, 3.8) is 0 Å². The Hall–Kier alpha value is -0.720. The van der Waals surface area contributed by atoms with Gasteiger partial charge in [-0.25, -0.2) is 0 Å². The molecular weight excluding hydrogens is 259 g/mol. The van der Waals surface area contributed by atoms with Crippen LogP contribution in [0.15, 0.2) is 12.7 Å². The van der Waals surface area contributed by atoms with Crippen LogP contribution >= 0.6 is 7.60 Å². The number of unbranched alkanes of at least 4 members (excludes halogenated alkanes) is 1. The molecule has 7 nitrogen and oxygen atoms in total. The fourth-order valence-corrected chi connectivity index (χ4v) is 2.62. The summed E-state index contributed by atoms with van der Waals surface area (Å²) in [5, 5.41) is 9.09. The zero-order valence-electron chi connectivity index (χ0n) is 10.4. The highest BCUT2D eigenvalue weighted by Crippen LogP contribution is 2.43. The molecule has 0 aliphatic heterocycles. The third-order valence-corrected chi connectivity index (χ3v) is 3.95. The maximum Gasteiger partial charge on any atom is 0.346 e. The smallest absolute Gasteiger partial charge is 0.346 e. The number of likely N-dealkylation sites (N-methyl/N-ethyl adjacent to an activating group) is 1. The lowest BCUT2D eigenvalue weighted by atomic mass is 10.1. The van der Waals surface area contributed by atoms with Crippen molar-refractivity contribution >= 4 is 13.6 Å². The van der Waals surface area contributed by atoms with E-state index in [2.05, 4.69) is 6.58 Å². The topological polar surface area (TPSA) is 124 Å². The molecule has 0 aromatic carbocycles. The number of hydrogen-bond donors (Lipinski definition) is 4. The van der Waals surface area contributed by atoms with Crippen molar-refractivity contribution in [2.45, 2.75) is 31.1 Å². The molecule has 0 amide bonds. The van der Waals surface area contributed by atoms with Crippen LogP contribution in [0.3, 0.4) is 0 Å². The Kier molecular flexibility index (Phi) is 7.35. The Morgan fingerprint density at radius 3 is 2.39 bits per heavy atom. The van der Waals surface area contributed by atoms with Gasteiger partial charge in [0, 0.05) is 0 Å². The summed E-state index contributed by atoms with van der Waals surface area (Å²) in [6.07, 6.45) is 2.61. The number of rotatable bonds is 9. The molecule has 0 heterocycles. The molecule has 2 atom stereocenters. The molecule has 0 fully saturated rings.